The fraction of sp³-hybridized carbons (Fsp3) is 0.200. The number of anilines is 1. The summed E-state index contributed by atoms with van der Waals surface area (Å²) < 4.78 is 6.00. The Morgan fingerprint density at radius 3 is 2.62 bits per heavy atom. The molecule has 21 heavy (non-hydrogen) atoms. The molecular weight excluding hydrogens is 336 g/mol. The Hall–Kier alpha value is -2.08. The average molecular weight is 351 g/mol. The van der Waals surface area contributed by atoms with Crippen LogP contribution in [-0.2, 0) is 0 Å². The van der Waals surface area contributed by atoms with E-state index in [9.17, 15) is 10.1 Å². The molecule has 0 fully saturated rings. The predicted molar refractivity (Wildman–Crippen MR) is 85.8 cm³/mol. The zero-order valence-corrected chi connectivity index (χ0v) is 13.3. The van der Waals surface area contributed by atoms with Crippen molar-refractivity contribution in [1.29, 1.82) is 0 Å². The van der Waals surface area contributed by atoms with Crippen LogP contribution in [-0.4, -0.2) is 12.0 Å². The molecule has 6 heteroatoms. The number of rotatable bonds is 5. The summed E-state index contributed by atoms with van der Waals surface area (Å²) in [5.41, 5.74) is 1.62. The number of methoxy groups -OCH3 is 1. The van der Waals surface area contributed by atoms with E-state index in [2.05, 4.69) is 21.2 Å². The molecule has 0 aliphatic rings. The maximum atomic E-state index is 11.1. The molecule has 2 aromatic rings. The molecule has 0 aliphatic carbocycles. The number of nitro benzene ring substituents is 1. The summed E-state index contributed by atoms with van der Waals surface area (Å²) in [5.74, 6) is 0.735. The van der Waals surface area contributed by atoms with Gasteiger partial charge in [-0.1, -0.05) is 18.2 Å². The van der Waals surface area contributed by atoms with Crippen molar-refractivity contribution in [3.8, 4) is 5.75 Å². The van der Waals surface area contributed by atoms with Gasteiger partial charge in [0.15, 0.2) is 0 Å². The second-order valence-electron chi connectivity index (χ2n) is 4.53. The molecule has 2 rings (SSSR count). The molecule has 0 aliphatic heterocycles. The average Bonchev–Trinajstić information content (AvgIpc) is 2.47. The number of ether oxygens (including phenoxy) is 1. The van der Waals surface area contributed by atoms with Gasteiger partial charge in [0.1, 0.15) is 5.75 Å². The van der Waals surface area contributed by atoms with Crippen molar-refractivity contribution < 1.29 is 9.66 Å². The minimum atomic E-state index is -0.364. The molecule has 0 heterocycles. The lowest BCUT2D eigenvalue weighted by Gasteiger charge is -2.16. The molecule has 0 radical (unpaired) electrons. The van der Waals surface area contributed by atoms with Gasteiger partial charge in [0.05, 0.1) is 28.1 Å². The predicted octanol–water partition coefficient (Wildman–Crippen LogP) is 4.54. The maximum Gasteiger partial charge on any atom is 0.274 e. The highest BCUT2D eigenvalue weighted by Crippen LogP contribution is 2.31. The fourth-order valence-electron chi connectivity index (χ4n) is 2.10. The van der Waals surface area contributed by atoms with Crippen LogP contribution in [0.15, 0.2) is 46.9 Å². The Labute approximate surface area is 131 Å². The molecule has 0 amide bonds. The third-order valence-electron chi connectivity index (χ3n) is 3.13. The zero-order valence-electron chi connectivity index (χ0n) is 11.7. The normalized spacial score (nSPS) is 11.8. The first-order chi connectivity index (χ1) is 10.0. The van der Waals surface area contributed by atoms with E-state index in [-0.39, 0.29) is 16.7 Å². The maximum absolute atomic E-state index is 11.1. The smallest absolute Gasteiger partial charge is 0.274 e. The number of para-hydroxylation sites is 1. The van der Waals surface area contributed by atoms with E-state index in [1.807, 2.05) is 25.1 Å². The van der Waals surface area contributed by atoms with Crippen LogP contribution in [0.5, 0.6) is 5.75 Å². The van der Waals surface area contributed by atoms with Gasteiger partial charge >= 0.3 is 0 Å². The lowest BCUT2D eigenvalue weighted by Crippen LogP contribution is -2.09. The molecule has 0 saturated heterocycles. The first kappa shape index (κ1) is 15.3. The number of nitro groups is 1. The molecule has 5 nitrogen and oxygen atoms in total. The van der Waals surface area contributed by atoms with Gasteiger partial charge in [0.2, 0.25) is 0 Å². The van der Waals surface area contributed by atoms with Crippen LogP contribution in [0, 0.1) is 10.1 Å². The molecule has 0 bridgehead atoms. The van der Waals surface area contributed by atoms with Gasteiger partial charge in [-0.3, -0.25) is 10.1 Å². The van der Waals surface area contributed by atoms with Gasteiger partial charge in [-0.25, -0.2) is 0 Å². The summed E-state index contributed by atoms with van der Waals surface area (Å²) in [6.45, 7) is 1.89. The monoisotopic (exact) mass is 350 g/mol. The second kappa shape index (κ2) is 6.58. The second-order valence-corrected chi connectivity index (χ2v) is 5.39. The lowest BCUT2D eigenvalue weighted by atomic mass is 10.1. The van der Waals surface area contributed by atoms with Crippen molar-refractivity contribution in [2.45, 2.75) is 13.0 Å². The summed E-state index contributed by atoms with van der Waals surface area (Å²) in [4.78, 5) is 10.7. The summed E-state index contributed by atoms with van der Waals surface area (Å²) in [6, 6.07) is 12.1. The van der Waals surface area contributed by atoms with Crippen LogP contribution >= 0.6 is 15.9 Å². The number of nitrogens with zero attached hydrogens (tertiary/aromatic N) is 1. The van der Waals surface area contributed by atoms with Crippen LogP contribution in [0.4, 0.5) is 11.4 Å². The van der Waals surface area contributed by atoms with Crippen LogP contribution in [0.1, 0.15) is 18.5 Å². The highest BCUT2D eigenvalue weighted by Gasteiger charge is 2.18. The Morgan fingerprint density at radius 1 is 1.29 bits per heavy atom. The summed E-state index contributed by atoms with van der Waals surface area (Å²) in [5, 5.41) is 14.3. The zero-order chi connectivity index (χ0) is 15.4. The summed E-state index contributed by atoms with van der Waals surface area (Å²) >= 11 is 3.42. The van der Waals surface area contributed by atoms with Crippen LogP contribution < -0.4 is 10.1 Å². The van der Waals surface area contributed by atoms with E-state index in [4.69, 9.17) is 4.74 Å². The molecule has 110 valence electrons. The van der Waals surface area contributed by atoms with Gasteiger partial charge in [0.25, 0.3) is 5.69 Å². The quantitative estimate of drug-likeness (QED) is 0.635. The number of benzene rings is 2. The third kappa shape index (κ3) is 3.52. The van der Waals surface area contributed by atoms with Crippen molar-refractivity contribution in [3.05, 3.63) is 62.6 Å². The van der Waals surface area contributed by atoms with Crippen LogP contribution in [0.2, 0.25) is 0 Å². The number of halogens is 1. The van der Waals surface area contributed by atoms with E-state index in [0.717, 1.165) is 15.9 Å². The van der Waals surface area contributed by atoms with Gasteiger partial charge in [0, 0.05) is 11.8 Å². The van der Waals surface area contributed by atoms with E-state index < -0.39 is 0 Å². The number of nitrogens with one attached hydrogen (secondary N) is 1. The van der Waals surface area contributed by atoms with E-state index in [0.29, 0.717) is 5.56 Å². The Bertz CT molecular complexity index is 661. The van der Waals surface area contributed by atoms with Gasteiger partial charge in [-0.2, -0.15) is 0 Å². The van der Waals surface area contributed by atoms with Gasteiger partial charge in [-0.05, 0) is 41.1 Å². The summed E-state index contributed by atoms with van der Waals surface area (Å²) in [7, 11) is 1.60. The van der Waals surface area contributed by atoms with Crippen molar-refractivity contribution in [2.24, 2.45) is 0 Å². The SMILES string of the molecule is COc1ccc(NC(C)c2ccccc2[N+](=O)[O-])cc1Br. The van der Waals surface area contributed by atoms with Crippen molar-refractivity contribution in [1.82, 2.24) is 0 Å². The topological polar surface area (TPSA) is 64.4 Å². The van der Waals surface area contributed by atoms with E-state index in [1.54, 1.807) is 25.3 Å². The van der Waals surface area contributed by atoms with Crippen molar-refractivity contribution in [2.75, 3.05) is 12.4 Å². The molecule has 2 aromatic carbocycles. The van der Waals surface area contributed by atoms with Crippen LogP contribution in [0.3, 0.4) is 0 Å². The highest BCUT2D eigenvalue weighted by molar-refractivity contribution is 9.10. The summed E-state index contributed by atoms with van der Waals surface area (Å²) in [6.07, 6.45) is 0. The fourth-order valence-corrected chi connectivity index (χ4v) is 2.64. The first-order valence-corrected chi connectivity index (χ1v) is 7.15. The van der Waals surface area contributed by atoms with E-state index in [1.165, 1.54) is 6.07 Å². The lowest BCUT2D eigenvalue weighted by molar-refractivity contribution is -0.385. The highest BCUT2D eigenvalue weighted by atomic mass is 79.9. The van der Waals surface area contributed by atoms with Crippen molar-refractivity contribution >= 4 is 27.3 Å². The Morgan fingerprint density at radius 2 is 2.00 bits per heavy atom. The number of hydrogen-bond donors (Lipinski definition) is 1. The van der Waals surface area contributed by atoms with Crippen molar-refractivity contribution in [3.63, 3.8) is 0 Å². The largest absolute Gasteiger partial charge is 0.496 e. The minimum Gasteiger partial charge on any atom is -0.496 e. The van der Waals surface area contributed by atoms with Gasteiger partial charge < -0.3 is 10.1 Å². The minimum absolute atomic E-state index is 0.116. The van der Waals surface area contributed by atoms with Gasteiger partial charge in [-0.15, -0.1) is 0 Å². The number of hydrogen-bond acceptors (Lipinski definition) is 4. The first-order valence-electron chi connectivity index (χ1n) is 6.36. The molecule has 1 unspecified atom stereocenters. The Balaban J connectivity index is 2.24. The van der Waals surface area contributed by atoms with E-state index >= 15 is 0 Å². The third-order valence-corrected chi connectivity index (χ3v) is 3.75. The molecule has 0 saturated carbocycles. The molecule has 1 atom stereocenters. The molecular formula is C15H15BrN2O3. The van der Waals surface area contributed by atoms with Crippen LogP contribution in [0.25, 0.3) is 0 Å². The molecule has 1 N–H and O–H groups in total. The molecule has 0 spiro atoms. The Kier molecular flexibility index (Phi) is 4.80. The standard InChI is InChI=1S/C15H15BrN2O3/c1-10(12-5-3-4-6-14(12)18(19)20)17-11-7-8-15(21-2)13(16)9-11/h3-10,17H,1-2H3. The molecule has 0 aromatic heterocycles.